The number of hydrogen-bond donors (Lipinski definition) is 0. The van der Waals surface area contributed by atoms with Crippen molar-refractivity contribution in [2.24, 2.45) is 0 Å². The average Bonchev–Trinajstić information content (AvgIpc) is 3.39. The Balaban J connectivity index is 1.18. The van der Waals surface area contributed by atoms with Gasteiger partial charge in [-0.15, -0.1) is 0 Å². The number of aromatic nitrogens is 4. The lowest BCUT2D eigenvalue weighted by Gasteiger charge is -2.10. The van der Waals surface area contributed by atoms with Crippen LogP contribution in [0.5, 0.6) is 0 Å². The van der Waals surface area contributed by atoms with Gasteiger partial charge in [0.25, 0.3) is 0 Å². The first-order valence-corrected chi connectivity index (χ1v) is 14.1. The van der Waals surface area contributed by atoms with Gasteiger partial charge >= 0.3 is 0 Å². The molecular weight excluding hydrogens is 512 g/mol. The third kappa shape index (κ3) is 3.49. The molecule has 5 aromatic carbocycles. The van der Waals surface area contributed by atoms with Gasteiger partial charge in [0.1, 0.15) is 0 Å². The normalized spacial score (nSPS) is 11.8. The number of rotatable bonds is 3. The minimum Gasteiger partial charge on any atom is -0.245 e. The molecule has 0 bridgehead atoms. The second kappa shape index (κ2) is 8.88. The minimum absolute atomic E-state index is 0.700. The third-order valence-corrected chi connectivity index (χ3v) is 8.30. The molecule has 0 amide bonds. The first-order valence-electron chi connectivity index (χ1n) is 14.1. The molecule has 0 spiro atoms. The summed E-state index contributed by atoms with van der Waals surface area (Å²) in [6.45, 7) is 0. The van der Waals surface area contributed by atoms with Crippen LogP contribution in [0.25, 0.3) is 88.7 Å². The summed E-state index contributed by atoms with van der Waals surface area (Å²) in [5.74, 6) is 0.700. The van der Waals surface area contributed by atoms with Crippen molar-refractivity contribution in [3.63, 3.8) is 0 Å². The van der Waals surface area contributed by atoms with Crippen LogP contribution >= 0.6 is 0 Å². The van der Waals surface area contributed by atoms with E-state index in [-0.39, 0.29) is 0 Å². The van der Waals surface area contributed by atoms with E-state index in [1.807, 2.05) is 18.2 Å². The van der Waals surface area contributed by atoms with E-state index in [1.54, 1.807) is 12.4 Å². The largest absolute Gasteiger partial charge is 0.245 e. The lowest BCUT2D eigenvalue weighted by molar-refractivity contribution is 1.18. The monoisotopic (exact) mass is 534 g/mol. The molecule has 8 aromatic rings. The van der Waals surface area contributed by atoms with Crippen LogP contribution in [-0.2, 0) is 0 Å². The number of fused-ring (bicyclic) bond motifs is 6. The third-order valence-electron chi connectivity index (χ3n) is 8.30. The molecule has 3 aromatic heterocycles. The first-order chi connectivity index (χ1) is 20.8. The van der Waals surface area contributed by atoms with Crippen LogP contribution in [0.3, 0.4) is 0 Å². The maximum absolute atomic E-state index is 5.21. The van der Waals surface area contributed by atoms with Gasteiger partial charge in [0.2, 0.25) is 0 Å². The minimum atomic E-state index is 0.700. The fourth-order valence-electron chi connectivity index (χ4n) is 6.31. The quantitative estimate of drug-likeness (QED) is 0.212. The van der Waals surface area contributed by atoms with E-state index in [0.717, 1.165) is 49.9 Å². The Morgan fingerprint density at radius 3 is 1.69 bits per heavy atom. The van der Waals surface area contributed by atoms with Crippen LogP contribution in [0.1, 0.15) is 0 Å². The summed E-state index contributed by atoms with van der Waals surface area (Å²) >= 11 is 0. The number of nitrogens with zero attached hydrogens (tertiary/aromatic N) is 4. The van der Waals surface area contributed by atoms with Crippen LogP contribution in [-0.4, -0.2) is 19.9 Å². The molecule has 194 valence electrons. The second-order valence-electron chi connectivity index (χ2n) is 10.7. The zero-order valence-electron chi connectivity index (χ0n) is 22.5. The molecule has 0 unspecified atom stereocenters. The highest BCUT2D eigenvalue weighted by molar-refractivity contribution is 6.15. The molecule has 1 aliphatic rings. The number of hydrogen-bond acceptors (Lipinski definition) is 4. The van der Waals surface area contributed by atoms with Gasteiger partial charge in [-0.2, -0.15) is 0 Å². The lowest BCUT2D eigenvalue weighted by atomic mass is 9.99. The van der Waals surface area contributed by atoms with E-state index >= 15 is 0 Å². The molecule has 0 radical (unpaired) electrons. The van der Waals surface area contributed by atoms with E-state index in [9.17, 15) is 0 Å². The smallest absolute Gasteiger partial charge is 0.159 e. The van der Waals surface area contributed by atoms with Crippen LogP contribution in [0.4, 0.5) is 0 Å². The van der Waals surface area contributed by atoms with Crippen molar-refractivity contribution in [2.45, 2.75) is 0 Å². The van der Waals surface area contributed by atoms with Gasteiger partial charge in [-0.25, -0.2) is 19.9 Å². The topological polar surface area (TPSA) is 51.6 Å². The summed E-state index contributed by atoms with van der Waals surface area (Å²) in [5.41, 5.74) is 11.9. The summed E-state index contributed by atoms with van der Waals surface area (Å²) in [5, 5.41) is 4.75. The molecule has 9 rings (SSSR count). The van der Waals surface area contributed by atoms with Gasteiger partial charge < -0.3 is 0 Å². The van der Waals surface area contributed by atoms with E-state index in [0.29, 0.717) is 5.82 Å². The Labute approximate surface area is 242 Å². The van der Waals surface area contributed by atoms with Crippen molar-refractivity contribution in [3.05, 3.63) is 134 Å². The Morgan fingerprint density at radius 2 is 0.976 bits per heavy atom. The molecule has 1 aliphatic carbocycles. The van der Waals surface area contributed by atoms with Crippen LogP contribution in [0, 0.1) is 0 Å². The van der Waals surface area contributed by atoms with Gasteiger partial charge in [0.05, 0.1) is 22.4 Å². The maximum Gasteiger partial charge on any atom is 0.159 e. The van der Waals surface area contributed by atoms with Crippen molar-refractivity contribution in [1.82, 2.24) is 19.9 Å². The second-order valence-corrected chi connectivity index (χ2v) is 10.7. The van der Waals surface area contributed by atoms with Crippen molar-refractivity contribution >= 4 is 32.6 Å². The molecular formula is C38H22N4. The zero-order valence-corrected chi connectivity index (χ0v) is 22.5. The Hall–Kier alpha value is -5.74. The average molecular weight is 535 g/mol. The maximum atomic E-state index is 5.21. The molecule has 0 atom stereocenters. The lowest BCUT2D eigenvalue weighted by Crippen LogP contribution is -1.92. The summed E-state index contributed by atoms with van der Waals surface area (Å²) in [6, 6.07) is 42.6. The Bertz CT molecular complexity index is 2350. The molecule has 4 nitrogen and oxygen atoms in total. The molecule has 3 heterocycles. The van der Waals surface area contributed by atoms with Crippen LogP contribution in [0.2, 0.25) is 0 Å². The molecule has 0 saturated carbocycles. The van der Waals surface area contributed by atoms with Gasteiger partial charge in [-0.3, -0.25) is 0 Å². The number of benzene rings is 5. The van der Waals surface area contributed by atoms with E-state index in [1.165, 1.54) is 33.0 Å². The van der Waals surface area contributed by atoms with Gasteiger partial charge in [0.15, 0.2) is 5.82 Å². The molecule has 0 saturated heterocycles. The highest BCUT2D eigenvalue weighted by Crippen LogP contribution is 2.48. The Morgan fingerprint density at radius 1 is 0.381 bits per heavy atom. The zero-order chi connectivity index (χ0) is 27.6. The standard InChI is InChI=1S/C38H22N4/c1-7-26(21-28(8-1)38-39-19-4-20-40-38)33-17-14-24-11-12-25-15-18-34(42-37(25)36(24)41-33)27-13-16-29-30-9-2-5-23-6-3-10-31(35(23)30)32(29)22-27/h1-22H. The fourth-order valence-corrected chi connectivity index (χ4v) is 6.31. The van der Waals surface area contributed by atoms with Crippen molar-refractivity contribution in [1.29, 1.82) is 0 Å². The molecule has 4 heteroatoms. The predicted molar refractivity (Wildman–Crippen MR) is 171 cm³/mol. The molecule has 0 aliphatic heterocycles. The molecule has 42 heavy (non-hydrogen) atoms. The highest BCUT2D eigenvalue weighted by Gasteiger charge is 2.21. The highest BCUT2D eigenvalue weighted by atomic mass is 14.9. The summed E-state index contributed by atoms with van der Waals surface area (Å²) < 4.78 is 0. The van der Waals surface area contributed by atoms with E-state index in [4.69, 9.17) is 9.97 Å². The molecule has 0 fully saturated rings. The fraction of sp³-hybridized carbons (Fsp3) is 0. The first kappa shape index (κ1) is 23.0. The van der Waals surface area contributed by atoms with Crippen molar-refractivity contribution in [2.75, 3.05) is 0 Å². The summed E-state index contributed by atoms with van der Waals surface area (Å²) in [6.07, 6.45) is 3.53. The van der Waals surface area contributed by atoms with E-state index in [2.05, 4.69) is 113 Å². The van der Waals surface area contributed by atoms with E-state index < -0.39 is 0 Å². The number of pyridine rings is 2. The van der Waals surface area contributed by atoms with Gasteiger partial charge in [0, 0.05) is 39.9 Å². The van der Waals surface area contributed by atoms with Gasteiger partial charge in [-0.05, 0) is 63.4 Å². The Kier molecular flexibility index (Phi) is 4.87. The summed E-state index contributed by atoms with van der Waals surface area (Å²) in [7, 11) is 0. The van der Waals surface area contributed by atoms with Crippen molar-refractivity contribution < 1.29 is 0 Å². The van der Waals surface area contributed by atoms with Crippen molar-refractivity contribution in [3.8, 4) is 56.2 Å². The van der Waals surface area contributed by atoms with Crippen LogP contribution < -0.4 is 0 Å². The summed E-state index contributed by atoms with van der Waals surface area (Å²) in [4.78, 5) is 19.2. The predicted octanol–water partition coefficient (Wildman–Crippen LogP) is 9.37. The van der Waals surface area contributed by atoms with Gasteiger partial charge in [-0.1, -0.05) is 91.0 Å². The SMILES string of the molecule is c1cnc(-c2cccc(-c3ccc4ccc5ccc(-c6ccc7c(c6)-c6cccc8cccc-7c68)nc5c4n3)c2)nc1. The van der Waals surface area contributed by atoms with Crippen LogP contribution in [0.15, 0.2) is 134 Å². The molecule has 0 N–H and O–H groups in total.